The summed E-state index contributed by atoms with van der Waals surface area (Å²) >= 11 is 0. The minimum absolute atomic E-state index is 0.315. The molecule has 1 fully saturated rings. The molecule has 130 valence electrons. The smallest absolute Gasteiger partial charge is 0.347 e. The van der Waals surface area contributed by atoms with Gasteiger partial charge in [-0.3, -0.25) is 0 Å². The highest BCUT2D eigenvalue weighted by Crippen LogP contribution is 2.23. The van der Waals surface area contributed by atoms with Gasteiger partial charge in [-0.25, -0.2) is 14.6 Å². The molecule has 25 heavy (non-hydrogen) atoms. The number of hydrogen-bond donors (Lipinski definition) is 0. The van der Waals surface area contributed by atoms with Crippen LogP contribution in [0.4, 0.5) is 5.82 Å². The molecule has 1 aromatic heterocycles. The fourth-order valence-electron chi connectivity index (χ4n) is 2.77. The summed E-state index contributed by atoms with van der Waals surface area (Å²) in [4.78, 5) is 30.6. The fourth-order valence-corrected chi connectivity index (χ4v) is 2.77. The Labute approximate surface area is 146 Å². The van der Waals surface area contributed by atoms with Crippen molar-refractivity contribution in [2.45, 2.75) is 19.8 Å². The molecule has 0 amide bonds. The van der Waals surface area contributed by atoms with Crippen molar-refractivity contribution >= 4 is 17.8 Å². The number of nitrogens with zero attached hydrogens (tertiary/aromatic N) is 2. The van der Waals surface area contributed by atoms with Crippen LogP contribution in [0.15, 0.2) is 42.6 Å². The molecule has 3 rings (SSSR count). The van der Waals surface area contributed by atoms with Crippen molar-refractivity contribution in [2.75, 3.05) is 24.6 Å². The van der Waals surface area contributed by atoms with Crippen LogP contribution in [0, 0.1) is 0 Å². The third-order valence-corrected chi connectivity index (χ3v) is 3.99. The Balaban J connectivity index is 1.73. The Kier molecular flexibility index (Phi) is 5.28. The molecule has 1 aromatic carbocycles. The van der Waals surface area contributed by atoms with E-state index in [1.807, 2.05) is 0 Å². The number of anilines is 1. The maximum atomic E-state index is 12.5. The quantitative estimate of drug-likeness (QED) is 0.615. The maximum absolute atomic E-state index is 12.5. The van der Waals surface area contributed by atoms with E-state index < -0.39 is 11.9 Å². The van der Waals surface area contributed by atoms with E-state index in [2.05, 4.69) is 9.88 Å². The summed E-state index contributed by atoms with van der Waals surface area (Å²) in [7, 11) is 0. The Morgan fingerprint density at radius 3 is 2.48 bits per heavy atom. The van der Waals surface area contributed by atoms with Crippen LogP contribution in [0.2, 0.25) is 0 Å². The second-order valence-corrected chi connectivity index (χ2v) is 5.70. The number of carbonyl (C=O) groups excluding carboxylic acids is 2. The first-order valence-corrected chi connectivity index (χ1v) is 8.38. The van der Waals surface area contributed by atoms with Crippen molar-refractivity contribution in [3.05, 3.63) is 53.7 Å². The van der Waals surface area contributed by atoms with Gasteiger partial charge in [-0.1, -0.05) is 0 Å². The molecule has 2 aromatic rings. The molecule has 1 aliphatic heterocycles. The molecule has 0 aliphatic carbocycles. The first-order valence-electron chi connectivity index (χ1n) is 8.38. The average molecular weight is 340 g/mol. The van der Waals surface area contributed by atoms with Gasteiger partial charge in [-0.2, -0.15) is 0 Å². The van der Waals surface area contributed by atoms with Gasteiger partial charge >= 0.3 is 11.9 Å². The van der Waals surface area contributed by atoms with Crippen LogP contribution in [-0.4, -0.2) is 36.6 Å². The van der Waals surface area contributed by atoms with E-state index in [1.54, 1.807) is 49.5 Å². The topological polar surface area (TPSA) is 68.7 Å². The predicted molar refractivity (Wildman–Crippen MR) is 93.0 cm³/mol. The third kappa shape index (κ3) is 3.96. The van der Waals surface area contributed by atoms with Gasteiger partial charge in [0.15, 0.2) is 0 Å². The Morgan fingerprint density at radius 1 is 1.08 bits per heavy atom. The number of aromatic nitrogens is 1. The minimum Gasteiger partial charge on any atom is -0.462 e. The van der Waals surface area contributed by atoms with Crippen molar-refractivity contribution in [3.8, 4) is 5.75 Å². The maximum Gasteiger partial charge on any atom is 0.347 e. The van der Waals surface area contributed by atoms with Crippen LogP contribution in [0.1, 0.15) is 40.5 Å². The van der Waals surface area contributed by atoms with E-state index in [4.69, 9.17) is 9.47 Å². The first-order chi connectivity index (χ1) is 12.2. The largest absolute Gasteiger partial charge is 0.462 e. The first kappa shape index (κ1) is 17.0. The lowest BCUT2D eigenvalue weighted by molar-refractivity contribution is 0.0526. The standard InChI is InChI=1S/C19H20N2O4/c1-2-24-18(22)14-7-9-15(10-8-14)25-19(23)16-6-5-11-20-17(16)21-12-3-4-13-21/h5-11H,2-4,12-13H2,1H3. The van der Waals surface area contributed by atoms with E-state index in [0.29, 0.717) is 29.3 Å². The van der Waals surface area contributed by atoms with E-state index >= 15 is 0 Å². The summed E-state index contributed by atoms with van der Waals surface area (Å²) in [5.74, 6) is 0.172. The van der Waals surface area contributed by atoms with Crippen molar-refractivity contribution in [3.63, 3.8) is 0 Å². The minimum atomic E-state index is -0.459. The van der Waals surface area contributed by atoms with Gasteiger partial charge in [0.25, 0.3) is 0 Å². The summed E-state index contributed by atoms with van der Waals surface area (Å²) < 4.78 is 10.4. The van der Waals surface area contributed by atoms with Crippen LogP contribution in [0.3, 0.4) is 0 Å². The number of rotatable bonds is 5. The van der Waals surface area contributed by atoms with Crippen molar-refractivity contribution in [2.24, 2.45) is 0 Å². The van der Waals surface area contributed by atoms with Gasteiger partial charge in [0.05, 0.1) is 12.2 Å². The molecule has 6 nitrogen and oxygen atoms in total. The van der Waals surface area contributed by atoms with Gasteiger partial charge in [-0.15, -0.1) is 0 Å². The van der Waals surface area contributed by atoms with Crippen LogP contribution in [0.25, 0.3) is 0 Å². The van der Waals surface area contributed by atoms with Crippen molar-refractivity contribution in [1.29, 1.82) is 0 Å². The lowest BCUT2D eigenvalue weighted by atomic mass is 10.2. The summed E-state index contributed by atoms with van der Waals surface area (Å²) in [6, 6.07) is 9.75. The number of pyridine rings is 1. The molecule has 0 unspecified atom stereocenters. The molecule has 0 bridgehead atoms. The zero-order chi connectivity index (χ0) is 17.6. The second kappa shape index (κ2) is 7.79. The van der Waals surface area contributed by atoms with E-state index in [-0.39, 0.29) is 0 Å². The number of ether oxygens (including phenoxy) is 2. The summed E-state index contributed by atoms with van der Waals surface area (Å²) in [6.07, 6.45) is 3.87. The molecular formula is C19H20N2O4. The highest BCUT2D eigenvalue weighted by molar-refractivity contribution is 5.96. The Bertz CT molecular complexity index is 752. The van der Waals surface area contributed by atoms with Gasteiger partial charge in [0.2, 0.25) is 0 Å². The summed E-state index contributed by atoms with van der Waals surface area (Å²) in [5, 5.41) is 0. The molecule has 1 saturated heterocycles. The number of benzene rings is 1. The van der Waals surface area contributed by atoms with Gasteiger partial charge in [0.1, 0.15) is 17.1 Å². The van der Waals surface area contributed by atoms with Crippen LogP contribution < -0.4 is 9.64 Å². The van der Waals surface area contributed by atoms with E-state index in [1.165, 1.54) is 0 Å². The zero-order valence-electron chi connectivity index (χ0n) is 14.1. The molecule has 6 heteroatoms. The van der Waals surface area contributed by atoms with E-state index in [0.717, 1.165) is 25.9 Å². The number of carbonyl (C=O) groups is 2. The SMILES string of the molecule is CCOC(=O)c1ccc(OC(=O)c2cccnc2N2CCCC2)cc1. The summed E-state index contributed by atoms with van der Waals surface area (Å²) in [5.41, 5.74) is 0.861. The second-order valence-electron chi connectivity index (χ2n) is 5.70. The molecule has 0 saturated carbocycles. The monoisotopic (exact) mass is 340 g/mol. The lowest BCUT2D eigenvalue weighted by Crippen LogP contribution is -2.23. The number of esters is 2. The highest BCUT2D eigenvalue weighted by atomic mass is 16.5. The molecule has 1 aliphatic rings. The molecule has 0 spiro atoms. The molecule has 0 atom stereocenters. The lowest BCUT2D eigenvalue weighted by Gasteiger charge is -2.18. The van der Waals surface area contributed by atoms with Crippen LogP contribution >= 0.6 is 0 Å². The highest BCUT2D eigenvalue weighted by Gasteiger charge is 2.22. The zero-order valence-corrected chi connectivity index (χ0v) is 14.1. The molecule has 0 radical (unpaired) electrons. The molecular weight excluding hydrogens is 320 g/mol. The van der Waals surface area contributed by atoms with Crippen molar-refractivity contribution in [1.82, 2.24) is 4.98 Å². The normalized spacial score (nSPS) is 13.6. The Hall–Kier alpha value is -2.89. The average Bonchev–Trinajstić information content (AvgIpc) is 3.17. The summed E-state index contributed by atoms with van der Waals surface area (Å²) in [6.45, 7) is 3.85. The van der Waals surface area contributed by atoms with Gasteiger partial charge in [0, 0.05) is 19.3 Å². The van der Waals surface area contributed by atoms with E-state index in [9.17, 15) is 9.59 Å². The third-order valence-electron chi connectivity index (χ3n) is 3.99. The van der Waals surface area contributed by atoms with Gasteiger partial charge in [-0.05, 0) is 56.2 Å². The van der Waals surface area contributed by atoms with Gasteiger partial charge < -0.3 is 14.4 Å². The van der Waals surface area contributed by atoms with Crippen LogP contribution in [-0.2, 0) is 4.74 Å². The van der Waals surface area contributed by atoms with Crippen LogP contribution in [0.5, 0.6) is 5.75 Å². The predicted octanol–water partition coefficient (Wildman–Crippen LogP) is 3.08. The number of hydrogen-bond acceptors (Lipinski definition) is 6. The molecule has 2 heterocycles. The van der Waals surface area contributed by atoms with Crippen molar-refractivity contribution < 1.29 is 19.1 Å². The Morgan fingerprint density at radius 2 is 1.80 bits per heavy atom. The molecule has 0 N–H and O–H groups in total. The fraction of sp³-hybridized carbons (Fsp3) is 0.316.